The minimum atomic E-state index is -0.446. The van der Waals surface area contributed by atoms with Crippen LogP contribution in [0.15, 0.2) is 54.1 Å². The van der Waals surface area contributed by atoms with Crippen molar-refractivity contribution in [3.05, 3.63) is 64.7 Å². The van der Waals surface area contributed by atoms with E-state index in [2.05, 4.69) is 0 Å². The number of benzene rings is 2. The Labute approximate surface area is 174 Å². The highest BCUT2D eigenvalue weighted by Gasteiger charge is 2.39. The predicted molar refractivity (Wildman–Crippen MR) is 118 cm³/mol. The van der Waals surface area contributed by atoms with Crippen LogP contribution in [0.1, 0.15) is 12.5 Å². The lowest BCUT2D eigenvalue weighted by atomic mass is 10.1. The summed E-state index contributed by atoms with van der Waals surface area (Å²) in [5.41, 5.74) is 2.44. The summed E-state index contributed by atoms with van der Waals surface area (Å²) in [5.74, 6) is -0.835. The molecule has 5 nitrogen and oxygen atoms in total. The molecule has 1 saturated heterocycles. The van der Waals surface area contributed by atoms with Crippen LogP contribution in [0.3, 0.4) is 0 Å². The fourth-order valence-corrected chi connectivity index (χ4v) is 3.43. The molecule has 0 saturated carbocycles. The number of rotatable bonds is 4. The monoisotopic (exact) mass is 413 g/mol. The van der Waals surface area contributed by atoms with Crippen molar-refractivity contribution in [2.24, 2.45) is 0 Å². The molecule has 0 spiro atoms. The van der Waals surface area contributed by atoms with Crippen molar-refractivity contribution in [2.45, 2.75) is 6.92 Å². The van der Waals surface area contributed by atoms with Crippen molar-refractivity contribution >= 4 is 58.2 Å². The maximum atomic E-state index is 13.2. The summed E-state index contributed by atoms with van der Waals surface area (Å²) in [6.45, 7) is 2.19. The highest BCUT2D eigenvalue weighted by Crippen LogP contribution is 2.27. The molecule has 2 amide bonds. The molecule has 3 rings (SSSR count). The molecule has 7 heteroatoms. The lowest BCUT2D eigenvalue weighted by Crippen LogP contribution is -2.56. The van der Waals surface area contributed by atoms with E-state index < -0.39 is 5.91 Å². The summed E-state index contributed by atoms with van der Waals surface area (Å²) in [7, 11) is 3.90. The van der Waals surface area contributed by atoms with E-state index in [0.717, 1.165) is 11.3 Å². The minimum absolute atomic E-state index is 0.0722. The van der Waals surface area contributed by atoms with Crippen LogP contribution in [0.25, 0.3) is 6.08 Å². The number of amides is 2. The van der Waals surface area contributed by atoms with Gasteiger partial charge in [-0.05, 0) is 67.2 Å². The van der Waals surface area contributed by atoms with Gasteiger partial charge in [-0.2, -0.15) is 0 Å². The minimum Gasteiger partial charge on any atom is -0.378 e. The molecule has 2 aromatic carbocycles. The number of likely N-dealkylation sites (N-methyl/N-ethyl adjacent to an activating group) is 1. The summed E-state index contributed by atoms with van der Waals surface area (Å²) in [5, 5.41) is 0.722. The molecule has 1 fully saturated rings. The molecule has 0 bridgehead atoms. The highest BCUT2D eigenvalue weighted by molar-refractivity contribution is 7.80. The van der Waals surface area contributed by atoms with E-state index in [1.165, 1.54) is 9.80 Å². The van der Waals surface area contributed by atoms with Gasteiger partial charge in [0.2, 0.25) is 0 Å². The van der Waals surface area contributed by atoms with Gasteiger partial charge in [0.05, 0.1) is 5.69 Å². The highest BCUT2D eigenvalue weighted by atomic mass is 35.5. The van der Waals surface area contributed by atoms with Crippen LogP contribution in [-0.4, -0.2) is 42.5 Å². The van der Waals surface area contributed by atoms with E-state index in [1.54, 1.807) is 30.3 Å². The molecule has 28 heavy (non-hydrogen) atoms. The number of nitrogens with zero attached hydrogens (tertiary/aromatic N) is 3. The number of thiocarbonyl (C=S) groups is 1. The maximum Gasteiger partial charge on any atom is 0.270 e. The van der Waals surface area contributed by atoms with Crippen LogP contribution in [0.2, 0.25) is 5.02 Å². The maximum absolute atomic E-state index is 13.2. The van der Waals surface area contributed by atoms with Gasteiger partial charge in [-0.3, -0.25) is 19.4 Å². The van der Waals surface area contributed by atoms with Crippen molar-refractivity contribution in [3.8, 4) is 0 Å². The third kappa shape index (κ3) is 3.79. The fraction of sp³-hybridized carbons (Fsp3) is 0.190. The van der Waals surface area contributed by atoms with E-state index in [-0.39, 0.29) is 16.6 Å². The number of hydrogen-bond donors (Lipinski definition) is 0. The Bertz CT molecular complexity index is 953. The Hall–Kier alpha value is -2.70. The van der Waals surface area contributed by atoms with Gasteiger partial charge in [0, 0.05) is 31.4 Å². The van der Waals surface area contributed by atoms with Crippen LogP contribution < -0.4 is 9.80 Å². The van der Waals surface area contributed by atoms with Crippen molar-refractivity contribution < 1.29 is 9.59 Å². The number of anilines is 2. The second kappa shape index (κ2) is 8.12. The molecule has 1 aliphatic rings. The van der Waals surface area contributed by atoms with Crippen LogP contribution in [0, 0.1) is 0 Å². The molecule has 0 aromatic heterocycles. The average Bonchev–Trinajstić information content (AvgIpc) is 2.67. The summed E-state index contributed by atoms with van der Waals surface area (Å²) in [6, 6.07) is 14.4. The standard InChI is InChI=1S/C21H20ClN3O2S/c1-4-24-19(26)18(13-14-5-9-16(10-6-14)23(2)3)20(27)25(21(24)28)17-11-7-15(22)8-12-17/h5-13H,4H2,1-3H3. The van der Waals surface area contributed by atoms with E-state index in [9.17, 15) is 9.59 Å². The van der Waals surface area contributed by atoms with Gasteiger partial charge in [0.15, 0.2) is 5.11 Å². The molecule has 0 radical (unpaired) electrons. The Kier molecular flexibility index (Phi) is 5.82. The zero-order valence-corrected chi connectivity index (χ0v) is 17.4. The molecular weight excluding hydrogens is 394 g/mol. The fourth-order valence-electron chi connectivity index (χ4n) is 2.91. The van der Waals surface area contributed by atoms with Crippen molar-refractivity contribution in [1.29, 1.82) is 0 Å². The Morgan fingerprint density at radius 2 is 1.61 bits per heavy atom. The van der Waals surface area contributed by atoms with Crippen LogP contribution >= 0.6 is 23.8 Å². The predicted octanol–water partition coefficient (Wildman–Crippen LogP) is 3.97. The third-order valence-electron chi connectivity index (χ3n) is 4.45. The number of carbonyl (C=O) groups excluding carboxylic acids is 2. The zero-order chi connectivity index (χ0) is 20.4. The van der Waals surface area contributed by atoms with Gasteiger partial charge in [0.25, 0.3) is 11.8 Å². The smallest absolute Gasteiger partial charge is 0.270 e. The van der Waals surface area contributed by atoms with Gasteiger partial charge in [0.1, 0.15) is 5.57 Å². The first kappa shape index (κ1) is 20.0. The van der Waals surface area contributed by atoms with Gasteiger partial charge in [-0.25, -0.2) is 0 Å². The zero-order valence-electron chi connectivity index (χ0n) is 15.8. The lowest BCUT2D eigenvalue weighted by Gasteiger charge is -2.36. The number of halogens is 1. The average molecular weight is 414 g/mol. The second-order valence-electron chi connectivity index (χ2n) is 6.49. The van der Waals surface area contributed by atoms with Crippen molar-refractivity contribution in [1.82, 2.24) is 4.90 Å². The summed E-state index contributed by atoms with van der Waals surface area (Å²) in [6.07, 6.45) is 1.61. The van der Waals surface area contributed by atoms with Crippen LogP contribution in [-0.2, 0) is 9.59 Å². The molecular formula is C21H20ClN3O2S. The first-order valence-corrected chi connectivity index (χ1v) is 9.57. The van der Waals surface area contributed by atoms with Gasteiger partial charge in [-0.1, -0.05) is 23.7 Å². The first-order valence-electron chi connectivity index (χ1n) is 8.78. The van der Waals surface area contributed by atoms with Crippen LogP contribution in [0.4, 0.5) is 11.4 Å². The molecule has 0 atom stereocenters. The quantitative estimate of drug-likeness (QED) is 0.432. The van der Waals surface area contributed by atoms with Gasteiger partial charge < -0.3 is 4.90 Å². The van der Waals surface area contributed by atoms with Gasteiger partial charge >= 0.3 is 0 Å². The summed E-state index contributed by atoms with van der Waals surface area (Å²) >= 11 is 11.4. The number of hydrogen-bond acceptors (Lipinski definition) is 4. The van der Waals surface area contributed by atoms with Crippen LogP contribution in [0.5, 0.6) is 0 Å². The Balaban J connectivity index is 2.03. The molecule has 1 aliphatic heterocycles. The second-order valence-corrected chi connectivity index (χ2v) is 7.29. The largest absolute Gasteiger partial charge is 0.378 e. The topological polar surface area (TPSA) is 43.9 Å². The molecule has 144 valence electrons. The molecule has 0 aliphatic carbocycles. The third-order valence-corrected chi connectivity index (χ3v) is 5.11. The van der Waals surface area contributed by atoms with Crippen molar-refractivity contribution in [2.75, 3.05) is 30.4 Å². The Morgan fingerprint density at radius 3 is 2.14 bits per heavy atom. The SMILES string of the molecule is CCN1C(=O)C(=Cc2ccc(N(C)C)cc2)C(=O)N(c2ccc(Cl)cc2)C1=S. The summed E-state index contributed by atoms with van der Waals surface area (Å²) in [4.78, 5) is 30.8. The molecule has 2 aromatic rings. The van der Waals surface area contributed by atoms with Crippen molar-refractivity contribution in [3.63, 3.8) is 0 Å². The molecule has 1 heterocycles. The van der Waals surface area contributed by atoms with E-state index >= 15 is 0 Å². The normalized spacial score (nSPS) is 16.1. The Morgan fingerprint density at radius 1 is 1.00 bits per heavy atom. The number of carbonyl (C=O) groups is 2. The van der Waals surface area contributed by atoms with E-state index in [4.69, 9.17) is 23.8 Å². The summed E-state index contributed by atoms with van der Waals surface area (Å²) < 4.78 is 0. The first-order chi connectivity index (χ1) is 13.3. The van der Waals surface area contributed by atoms with E-state index in [1.807, 2.05) is 50.2 Å². The lowest BCUT2D eigenvalue weighted by molar-refractivity contribution is -0.127. The van der Waals surface area contributed by atoms with E-state index in [0.29, 0.717) is 17.3 Å². The molecule has 0 N–H and O–H groups in total. The molecule has 0 unspecified atom stereocenters. The van der Waals surface area contributed by atoms with Gasteiger partial charge in [-0.15, -0.1) is 0 Å².